The summed E-state index contributed by atoms with van der Waals surface area (Å²) >= 11 is 0. The topological polar surface area (TPSA) is 84.3 Å². The number of aromatic nitrogens is 2. The number of carboxylic acids is 1. The third kappa shape index (κ3) is 3.58. The van der Waals surface area contributed by atoms with Crippen LogP contribution in [0.5, 0.6) is 5.88 Å². The molecule has 0 saturated carbocycles. The smallest absolute Gasteiger partial charge is 0.305 e. The van der Waals surface area contributed by atoms with Crippen molar-refractivity contribution >= 4 is 11.8 Å². The van der Waals surface area contributed by atoms with Crippen molar-refractivity contribution in [3.05, 3.63) is 11.9 Å². The van der Waals surface area contributed by atoms with E-state index in [9.17, 15) is 4.79 Å². The van der Waals surface area contributed by atoms with Gasteiger partial charge in [0.2, 0.25) is 5.88 Å². The molecule has 0 aromatic carbocycles. The molecule has 1 rings (SSSR count). The van der Waals surface area contributed by atoms with Crippen molar-refractivity contribution in [2.24, 2.45) is 5.92 Å². The molecule has 2 N–H and O–H groups in total. The second-order valence-corrected chi connectivity index (χ2v) is 4.45. The van der Waals surface area contributed by atoms with Crippen LogP contribution in [-0.2, 0) is 4.79 Å². The van der Waals surface area contributed by atoms with Crippen LogP contribution in [0.25, 0.3) is 0 Å². The van der Waals surface area contributed by atoms with E-state index in [2.05, 4.69) is 15.3 Å². The van der Waals surface area contributed by atoms with Crippen LogP contribution in [-0.4, -0.2) is 34.2 Å². The Hall–Kier alpha value is -1.85. The minimum Gasteiger partial charge on any atom is -0.481 e. The van der Waals surface area contributed by atoms with Gasteiger partial charge in [-0.25, -0.2) is 9.97 Å². The first-order chi connectivity index (χ1) is 8.45. The molecule has 6 heteroatoms. The molecule has 6 nitrogen and oxygen atoms in total. The predicted octanol–water partition coefficient (Wildman–Crippen LogP) is 1.70. The van der Waals surface area contributed by atoms with Gasteiger partial charge in [-0.15, -0.1) is 0 Å². The van der Waals surface area contributed by atoms with Crippen LogP contribution >= 0.6 is 0 Å². The van der Waals surface area contributed by atoms with Crippen molar-refractivity contribution in [3.63, 3.8) is 0 Å². The normalized spacial score (nSPS) is 12.3. The third-order valence-corrected chi connectivity index (χ3v) is 2.75. The molecule has 1 atom stereocenters. The molecule has 0 aliphatic heterocycles. The van der Waals surface area contributed by atoms with Crippen LogP contribution in [0.4, 0.5) is 5.82 Å². The number of aliphatic carboxylic acids is 1. The lowest BCUT2D eigenvalue weighted by Gasteiger charge is -2.22. The molecule has 18 heavy (non-hydrogen) atoms. The molecule has 0 fully saturated rings. The number of carbonyl (C=O) groups is 1. The number of hydrogen-bond acceptors (Lipinski definition) is 5. The van der Waals surface area contributed by atoms with Crippen LogP contribution in [0, 0.1) is 12.8 Å². The monoisotopic (exact) mass is 253 g/mol. The van der Waals surface area contributed by atoms with Gasteiger partial charge in [0.25, 0.3) is 0 Å². The summed E-state index contributed by atoms with van der Waals surface area (Å²) in [5, 5.41) is 12.0. The fourth-order valence-electron chi connectivity index (χ4n) is 1.60. The molecule has 1 aromatic rings. The van der Waals surface area contributed by atoms with Crippen LogP contribution < -0.4 is 10.1 Å². The van der Waals surface area contributed by atoms with Gasteiger partial charge in [-0.2, -0.15) is 0 Å². The van der Waals surface area contributed by atoms with Gasteiger partial charge >= 0.3 is 5.97 Å². The number of ether oxygens (including phenoxy) is 1. The summed E-state index contributed by atoms with van der Waals surface area (Å²) in [6.07, 6.45) is 1.44. The first-order valence-corrected chi connectivity index (χ1v) is 5.79. The van der Waals surface area contributed by atoms with Crippen molar-refractivity contribution in [2.75, 3.05) is 12.4 Å². The molecular weight excluding hydrogens is 234 g/mol. The van der Waals surface area contributed by atoms with Gasteiger partial charge in [0.1, 0.15) is 12.1 Å². The zero-order valence-electron chi connectivity index (χ0n) is 11.1. The molecule has 1 heterocycles. The van der Waals surface area contributed by atoms with Crippen molar-refractivity contribution in [2.45, 2.75) is 33.2 Å². The number of rotatable bonds is 6. The molecule has 1 aromatic heterocycles. The lowest BCUT2D eigenvalue weighted by atomic mass is 10.0. The zero-order chi connectivity index (χ0) is 13.7. The van der Waals surface area contributed by atoms with Crippen molar-refractivity contribution in [1.29, 1.82) is 0 Å². The number of hydrogen-bond donors (Lipinski definition) is 2. The summed E-state index contributed by atoms with van der Waals surface area (Å²) in [6, 6.07) is -0.180. The average Bonchev–Trinajstić information content (AvgIpc) is 2.30. The van der Waals surface area contributed by atoms with Crippen LogP contribution in [0.1, 0.15) is 25.8 Å². The molecule has 100 valence electrons. The molecule has 0 aliphatic carbocycles. The SMILES string of the molecule is COc1ncnc(NC(CC(=O)O)C(C)C)c1C. The van der Waals surface area contributed by atoms with Crippen LogP contribution in [0.2, 0.25) is 0 Å². The molecule has 0 aliphatic rings. The van der Waals surface area contributed by atoms with Gasteiger partial charge in [0, 0.05) is 6.04 Å². The Morgan fingerprint density at radius 2 is 2.17 bits per heavy atom. The highest BCUT2D eigenvalue weighted by Gasteiger charge is 2.19. The van der Waals surface area contributed by atoms with Crippen molar-refractivity contribution in [3.8, 4) is 5.88 Å². The van der Waals surface area contributed by atoms with E-state index in [1.165, 1.54) is 13.4 Å². The summed E-state index contributed by atoms with van der Waals surface area (Å²) in [7, 11) is 1.54. The van der Waals surface area contributed by atoms with E-state index in [1.54, 1.807) is 0 Å². The third-order valence-electron chi connectivity index (χ3n) is 2.75. The summed E-state index contributed by atoms with van der Waals surface area (Å²) in [5.74, 6) is 0.452. The highest BCUT2D eigenvalue weighted by atomic mass is 16.5. The van der Waals surface area contributed by atoms with E-state index in [0.717, 1.165) is 5.56 Å². The predicted molar refractivity (Wildman–Crippen MR) is 67.8 cm³/mol. The lowest BCUT2D eigenvalue weighted by molar-refractivity contribution is -0.137. The van der Waals surface area contributed by atoms with E-state index >= 15 is 0 Å². The van der Waals surface area contributed by atoms with E-state index in [-0.39, 0.29) is 18.4 Å². The highest BCUT2D eigenvalue weighted by molar-refractivity contribution is 5.68. The first kappa shape index (κ1) is 14.2. The Labute approximate surface area is 106 Å². The van der Waals surface area contributed by atoms with Gasteiger partial charge in [0.05, 0.1) is 19.1 Å². The fourth-order valence-corrected chi connectivity index (χ4v) is 1.60. The fraction of sp³-hybridized carbons (Fsp3) is 0.583. The molecule has 0 amide bonds. The summed E-state index contributed by atoms with van der Waals surface area (Å²) in [5.41, 5.74) is 0.774. The second kappa shape index (κ2) is 6.18. The van der Waals surface area contributed by atoms with E-state index in [1.807, 2.05) is 20.8 Å². The lowest BCUT2D eigenvalue weighted by Crippen LogP contribution is -2.29. The quantitative estimate of drug-likeness (QED) is 0.802. The molecule has 0 bridgehead atoms. The molecule has 0 spiro atoms. The Kier molecular flexibility index (Phi) is 4.88. The second-order valence-electron chi connectivity index (χ2n) is 4.45. The van der Waals surface area contributed by atoms with Gasteiger partial charge in [-0.05, 0) is 12.8 Å². The van der Waals surface area contributed by atoms with Crippen molar-refractivity contribution in [1.82, 2.24) is 9.97 Å². The van der Waals surface area contributed by atoms with Gasteiger partial charge in [-0.1, -0.05) is 13.8 Å². The summed E-state index contributed by atoms with van der Waals surface area (Å²) < 4.78 is 5.10. The summed E-state index contributed by atoms with van der Waals surface area (Å²) in [6.45, 7) is 5.77. The number of carboxylic acid groups (broad SMARTS) is 1. The van der Waals surface area contributed by atoms with Gasteiger partial charge in [0.15, 0.2) is 0 Å². The molecule has 0 radical (unpaired) electrons. The van der Waals surface area contributed by atoms with Crippen LogP contribution in [0.3, 0.4) is 0 Å². The number of anilines is 1. The highest BCUT2D eigenvalue weighted by Crippen LogP contribution is 2.22. The average molecular weight is 253 g/mol. The maximum absolute atomic E-state index is 10.8. The summed E-state index contributed by atoms with van der Waals surface area (Å²) in [4.78, 5) is 18.9. The van der Waals surface area contributed by atoms with Gasteiger partial charge < -0.3 is 15.2 Å². The standard InChI is InChI=1S/C12H19N3O3/c1-7(2)9(5-10(16)17)15-11-8(3)12(18-4)14-6-13-11/h6-7,9H,5H2,1-4H3,(H,16,17)(H,13,14,15). The number of methoxy groups -OCH3 is 1. The molecule has 1 unspecified atom stereocenters. The maximum Gasteiger partial charge on any atom is 0.305 e. The first-order valence-electron chi connectivity index (χ1n) is 5.79. The van der Waals surface area contributed by atoms with E-state index < -0.39 is 5.97 Å². The van der Waals surface area contributed by atoms with Crippen molar-refractivity contribution < 1.29 is 14.6 Å². The zero-order valence-corrected chi connectivity index (χ0v) is 11.1. The Morgan fingerprint density at radius 1 is 1.50 bits per heavy atom. The van der Waals surface area contributed by atoms with E-state index in [4.69, 9.17) is 9.84 Å². The molecule has 0 saturated heterocycles. The number of nitrogens with zero attached hydrogens (tertiary/aromatic N) is 2. The van der Waals surface area contributed by atoms with Gasteiger partial charge in [-0.3, -0.25) is 4.79 Å². The van der Waals surface area contributed by atoms with E-state index in [0.29, 0.717) is 11.7 Å². The molecular formula is C12H19N3O3. The Balaban J connectivity index is 2.90. The maximum atomic E-state index is 10.8. The minimum absolute atomic E-state index is 0.0451. The largest absolute Gasteiger partial charge is 0.481 e. The van der Waals surface area contributed by atoms with Crippen LogP contribution in [0.15, 0.2) is 6.33 Å². The minimum atomic E-state index is -0.833. The Morgan fingerprint density at radius 3 is 2.67 bits per heavy atom. The Bertz CT molecular complexity index is 421. The number of nitrogens with one attached hydrogen (secondary N) is 1.